The van der Waals surface area contributed by atoms with Gasteiger partial charge in [-0.3, -0.25) is 0 Å². The van der Waals surface area contributed by atoms with Crippen molar-refractivity contribution in [3.63, 3.8) is 0 Å². The van der Waals surface area contributed by atoms with Crippen molar-refractivity contribution in [2.24, 2.45) is 0 Å². The first-order valence-electron chi connectivity index (χ1n) is 7.04. The summed E-state index contributed by atoms with van der Waals surface area (Å²) in [7, 11) is 1.17. The Labute approximate surface area is 142 Å². The van der Waals surface area contributed by atoms with Gasteiger partial charge >= 0.3 is 5.97 Å². The van der Waals surface area contributed by atoms with E-state index in [-0.39, 0.29) is 22.4 Å². The van der Waals surface area contributed by atoms with Gasteiger partial charge in [0.15, 0.2) is 11.4 Å². The summed E-state index contributed by atoms with van der Waals surface area (Å²) in [5, 5.41) is 48.8. The molecule has 2 rings (SSSR count). The van der Waals surface area contributed by atoms with E-state index in [2.05, 4.69) is 4.74 Å². The third kappa shape index (κ3) is 4.00. The number of benzene rings is 2. The molecule has 0 bridgehead atoms. The number of methoxy groups -OCH3 is 1. The molecule has 2 atom stereocenters. The van der Waals surface area contributed by atoms with Crippen molar-refractivity contribution >= 4 is 23.1 Å². The zero-order chi connectivity index (χ0) is 18.6. The number of hydrogen-bond donors (Lipinski definition) is 5. The van der Waals surface area contributed by atoms with Crippen molar-refractivity contribution in [3.8, 4) is 0 Å². The third-order valence-electron chi connectivity index (χ3n) is 3.46. The van der Waals surface area contributed by atoms with Crippen molar-refractivity contribution in [1.29, 1.82) is 0 Å². The van der Waals surface area contributed by atoms with E-state index in [0.717, 1.165) is 0 Å². The highest BCUT2D eigenvalue weighted by molar-refractivity contribution is 5.97. The molecule has 9 nitrogen and oxygen atoms in total. The van der Waals surface area contributed by atoms with E-state index in [9.17, 15) is 25.5 Å². The highest BCUT2D eigenvalue weighted by Gasteiger charge is 2.22. The molecule has 2 aromatic rings. The molecule has 0 aliphatic heterocycles. The molecular formula is C16H16N2O7. The van der Waals surface area contributed by atoms with Gasteiger partial charge in [-0.15, -0.1) is 0 Å². The molecule has 0 aliphatic rings. The Hall–Kier alpha value is -2.79. The fraction of sp³-hybridized carbons (Fsp3) is 0.0625. The number of hydroxylamine groups is 2. The number of esters is 1. The fourth-order valence-electron chi connectivity index (χ4n) is 2.25. The lowest BCUT2D eigenvalue weighted by Crippen LogP contribution is -3.01. The van der Waals surface area contributed by atoms with Crippen LogP contribution in [-0.2, 0) is 4.74 Å². The van der Waals surface area contributed by atoms with E-state index in [4.69, 9.17) is 5.21 Å². The van der Waals surface area contributed by atoms with Gasteiger partial charge in [0.1, 0.15) is 0 Å². The lowest BCUT2D eigenvalue weighted by molar-refractivity contribution is -0.991. The van der Waals surface area contributed by atoms with Crippen LogP contribution >= 0.6 is 0 Å². The number of rotatable bonds is 5. The van der Waals surface area contributed by atoms with Crippen LogP contribution in [0, 0.1) is 10.4 Å². The van der Waals surface area contributed by atoms with Crippen LogP contribution in [0.2, 0.25) is 0 Å². The Bertz CT molecular complexity index is 785. The van der Waals surface area contributed by atoms with Crippen molar-refractivity contribution in [2.75, 3.05) is 7.11 Å². The summed E-state index contributed by atoms with van der Waals surface area (Å²) in [4.78, 5) is 11.8. The summed E-state index contributed by atoms with van der Waals surface area (Å²) < 4.78 is 4.63. The number of aliphatic hydroxyl groups excluding tert-OH is 1. The number of nitrogens with one attached hydrogen (secondary N) is 2. The van der Waals surface area contributed by atoms with Crippen LogP contribution < -0.4 is 10.5 Å². The highest BCUT2D eigenvalue weighted by atomic mass is 16.8. The second-order valence-electron chi connectivity index (χ2n) is 4.95. The van der Waals surface area contributed by atoms with Gasteiger partial charge in [-0.1, -0.05) is 18.2 Å². The summed E-state index contributed by atoms with van der Waals surface area (Å²) in [6.07, 6.45) is 0. The van der Waals surface area contributed by atoms with Gasteiger partial charge in [0.05, 0.1) is 12.7 Å². The van der Waals surface area contributed by atoms with Gasteiger partial charge in [0, 0.05) is 23.3 Å². The van der Waals surface area contributed by atoms with Crippen molar-refractivity contribution in [2.45, 2.75) is 0 Å². The number of carbonyl (C=O) groups excluding carboxylic acids is 1. The maximum absolute atomic E-state index is 11.8. The molecule has 2 aromatic carbocycles. The number of aliphatic hydroxyl groups is 1. The molecule has 25 heavy (non-hydrogen) atoms. The first kappa shape index (κ1) is 18.5. The van der Waals surface area contributed by atoms with E-state index in [0.29, 0.717) is 0 Å². The predicted molar refractivity (Wildman–Crippen MR) is 85.6 cm³/mol. The predicted octanol–water partition coefficient (Wildman–Crippen LogP) is 0.0323. The molecule has 0 aromatic heterocycles. The molecule has 2 unspecified atom stereocenters. The molecule has 5 N–H and O–H groups in total. The van der Waals surface area contributed by atoms with Gasteiger partial charge in [-0.25, -0.2) is 15.2 Å². The van der Waals surface area contributed by atoms with Crippen LogP contribution in [0.4, 0.5) is 5.69 Å². The molecule has 0 radical (unpaired) electrons. The van der Waals surface area contributed by atoms with Gasteiger partial charge in [0.2, 0.25) is 5.70 Å². The SMILES string of the molecule is COC(=O)c1ccccc1C(O)=C(c1ccc([NH+]([O-])O)cc1)[NH+]([O-])O. The Balaban J connectivity index is 2.61. The minimum absolute atomic E-state index is 0.00315. The number of carbonyl (C=O) groups is 1. The molecule has 9 heteroatoms. The number of ether oxygens (including phenoxy) is 1. The van der Waals surface area contributed by atoms with E-state index in [1.54, 1.807) is 6.07 Å². The minimum atomic E-state index is -1.43. The highest BCUT2D eigenvalue weighted by Crippen LogP contribution is 2.24. The number of hydrogen-bond acceptors (Lipinski definition) is 7. The average Bonchev–Trinajstić information content (AvgIpc) is 2.61. The second kappa shape index (κ2) is 7.85. The summed E-state index contributed by atoms with van der Waals surface area (Å²) in [5.41, 5.74) is -0.400. The fourth-order valence-corrected chi connectivity index (χ4v) is 2.25. The van der Waals surface area contributed by atoms with E-state index >= 15 is 0 Å². The molecule has 132 valence electrons. The van der Waals surface area contributed by atoms with Gasteiger partial charge < -0.3 is 20.3 Å². The van der Waals surface area contributed by atoms with Crippen LogP contribution in [0.5, 0.6) is 0 Å². The average molecular weight is 348 g/mol. The summed E-state index contributed by atoms with van der Waals surface area (Å²) in [6, 6.07) is 10.8. The van der Waals surface area contributed by atoms with Gasteiger partial charge in [0.25, 0.3) is 0 Å². The van der Waals surface area contributed by atoms with Crippen molar-refractivity contribution < 1.29 is 35.5 Å². The van der Waals surface area contributed by atoms with Crippen LogP contribution in [0.3, 0.4) is 0 Å². The Kier molecular flexibility index (Phi) is 5.83. The van der Waals surface area contributed by atoms with E-state index < -0.39 is 27.9 Å². The van der Waals surface area contributed by atoms with Crippen LogP contribution in [0.25, 0.3) is 11.5 Å². The maximum atomic E-state index is 11.8. The standard InChI is InChI=1S/C16H16N2O7/c1-25-16(20)13-5-3-2-4-12(13)15(19)14(18(23)24)10-6-8-11(9-7-10)17(21)22/h2-9,17-19,21,23H,1H3. The van der Waals surface area contributed by atoms with Crippen molar-refractivity contribution in [1.82, 2.24) is 0 Å². The van der Waals surface area contributed by atoms with Crippen molar-refractivity contribution in [3.05, 3.63) is 75.6 Å². The normalized spacial score (nSPS) is 14.4. The quantitative estimate of drug-likeness (QED) is 0.222. The molecule has 0 fully saturated rings. The van der Waals surface area contributed by atoms with Crippen LogP contribution in [0.15, 0.2) is 48.5 Å². The first-order chi connectivity index (χ1) is 11.9. The first-order valence-corrected chi connectivity index (χ1v) is 7.04. The molecule has 0 saturated carbocycles. The topological polar surface area (TPSA) is 142 Å². The second-order valence-corrected chi connectivity index (χ2v) is 4.95. The molecule has 0 saturated heterocycles. The van der Waals surface area contributed by atoms with E-state index in [1.165, 1.54) is 49.6 Å². The Morgan fingerprint density at radius 3 is 2.04 bits per heavy atom. The lowest BCUT2D eigenvalue weighted by atomic mass is 10.0. The van der Waals surface area contributed by atoms with Crippen LogP contribution in [-0.4, -0.2) is 28.6 Å². The Morgan fingerprint density at radius 1 is 1.00 bits per heavy atom. The molecular weight excluding hydrogens is 332 g/mol. The smallest absolute Gasteiger partial charge is 0.338 e. The molecule has 0 aliphatic carbocycles. The zero-order valence-corrected chi connectivity index (χ0v) is 13.1. The Morgan fingerprint density at radius 2 is 1.56 bits per heavy atom. The minimum Gasteiger partial charge on any atom is -0.595 e. The van der Waals surface area contributed by atoms with Gasteiger partial charge in [-0.2, -0.15) is 10.5 Å². The van der Waals surface area contributed by atoms with Crippen LogP contribution in [0.1, 0.15) is 21.5 Å². The summed E-state index contributed by atoms with van der Waals surface area (Å²) >= 11 is 0. The lowest BCUT2D eigenvalue weighted by Gasteiger charge is -2.19. The third-order valence-corrected chi connectivity index (χ3v) is 3.46. The monoisotopic (exact) mass is 348 g/mol. The molecule has 0 heterocycles. The molecule has 0 spiro atoms. The van der Waals surface area contributed by atoms with E-state index in [1.807, 2.05) is 0 Å². The zero-order valence-electron chi connectivity index (χ0n) is 13.1. The maximum Gasteiger partial charge on any atom is 0.338 e. The summed E-state index contributed by atoms with van der Waals surface area (Å²) in [5.74, 6) is -1.36. The number of quaternary nitrogens is 2. The largest absolute Gasteiger partial charge is 0.595 e. The summed E-state index contributed by atoms with van der Waals surface area (Å²) in [6.45, 7) is 0. The van der Waals surface area contributed by atoms with Gasteiger partial charge in [-0.05, 0) is 18.2 Å². The molecule has 0 amide bonds.